The number of aryl methyl sites for hydroxylation is 1. The lowest BCUT2D eigenvalue weighted by Crippen LogP contribution is -2.46. The molecule has 9 heteroatoms. The van der Waals surface area contributed by atoms with Crippen molar-refractivity contribution in [1.29, 1.82) is 0 Å². The van der Waals surface area contributed by atoms with Crippen molar-refractivity contribution >= 4 is 11.5 Å². The van der Waals surface area contributed by atoms with Gasteiger partial charge in [0.05, 0.1) is 11.3 Å². The molecule has 3 heterocycles. The van der Waals surface area contributed by atoms with E-state index in [1.807, 2.05) is 42.2 Å². The number of hydrogen-bond donors (Lipinski definition) is 0. The van der Waals surface area contributed by atoms with E-state index in [0.717, 1.165) is 48.1 Å². The molecule has 2 aromatic heterocycles. The molecule has 212 valence electrons. The minimum absolute atomic E-state index is 0.137. The van der Waals surface area contributed by atoms with Crippen LogP contribution >= 0.6 is 0 Å². The number of pyridine rings is 1. The second-order valence-electron chi connectivity index (χ2n) is 10.3. The normalized spacial score (nSPS) is 14.3. The van der Waals surface area contributed by atoms with E-state index < -0.39 is 17.5 Å². The molecule has 0 N–H and O–H groups in total. The molecule has 0 radical (unpaired) electrons. The van der Waals surface area contributed by atoms with Crippen molar-refractivity contribution in [1.82, 2.24) is 19.9 Å². The van der Waals surface area contributed by atoms with Gasteiger partial charge in [-0.25, -0.2) is 9.97 Å². The number of carbonyl (C=O) groups is 1. The van der Waals surface area contributed by atoms with Crippen molar-refractivity contribution in [3.05, 3.63) is 107 Å². The maximum Gasteiger partial charge on any atom is 0.417 e. The summed E-state index contributed by atoms with van der Waals surface area (Å²) in [6.07, 6.45) is 0.776. The van der Waals surface area contributed by atoms with E-state index in [9.17, 15) is 18.0 Å². The van der Waals surface area contributed by atoms with Gasteiger partial charge in [-0.15, -0.1) is 0 Å². The number of likely N-dealkylation sites (N-methyl/N-ethyl adjacent to an activating group) is 1. The number of halogens is 3. The second kappa shape index (κ2) is 12.2. The first kappa shape index (κ1) is 28.4. The zero-order valence-corrected chi connectivity index (χ0v) is 23.2. The molecule has 0 saturated carbocycles. The van der Waals surface area contributed by atoms with Gasteiger partial charge >= 0.3 is 6.18 Å². The quantitative estimate of drug-likeness (QED) is 0.246. The highest BCUT2D eigenvalue weighted by molar-refractivity contribution is 5.99. The summed E-state index contributed by atoms with van der Waals surface area (Å²) in [5, 5.41) is 0. The van der Waals surface area contributed by atoms with Crippen molar-refractivity contribution in [3.63, 3.8) is 0 Å². The number of ketones is 1. The minimum atomic E-state index is -4.64. The van der Waals surface area contributed by atoms with Crippen molar-refractivity contribution in [3.8, 4) is 11.3 Å². The van der Waals surface area contributed by atoms with Crippen molar-refractivity contribution in [2.24, 2.45) is 0 Å². The molecule has 1 aliphatic rings. The van der Waals surface area contributed by atoms with Crippen LogP contribution in [0.3, 0.4) is 0 Å². The van der Waals surface area contributed by atoms with Gasteiger partial charge in [0, 0.05) is 74.4 Å². The van der Waals surface area contributed by atoms with Crippen molar-refractivity contribution < 1.29 is 18.0 Å². The summed E-state index contributed by atoms with van der Waals surface area (Å²) in [4.78, 5) is 30.7. The molecule has 5 rings (SSSR count). The van der Waals surface area contributed by atoms with E-state index >= 15 is 0 Å². The van der Waals surface area contributed by atoms with Crippen LogP contribution in [0.4, 0.5) is 18.9 Å². The number of benzene rings is 2. The van der Waals surface area contributed by atoms with Gasteiger partial charge in [-0.2, -0.15) is 13.2 Å². The summed E-state index contributed by atoms with van der Waals surface area (Å²) >= 11 is 0. The average Bonchev–Trinajstić information content (AvgIpc) is 2.99. The van der Waals surface area contributed by atoms with Gasteiger partial charge in [-0.3, -0.25) is 9.78 Å². The predicted octanol–water partition coefficient (Wildman–Crippen LogP) is 6.02. The number of piperazine rings is 1. The van der Waals surface area contributed by atoms with E-state index in [1.54, 1.807) is 30.7 Å². The van der Waals surface area contributed by atoms with Gasteiger partial charge in [0.2, 0.25) is 0 Å². The molecule has 0 unspecified atom stereocenters. The Morgan fingerprint density at radius 1 is 0.976 bits per heavy atom. The number of hydrogen-bond acceptors (Lipinski definition) is 6. The Hall–Kier alpha value is -4.11. The first-order valence-electron chi connectivity index (χ1n) is 13.7. The molecule has 6 nitrogen and oxygen atoms in total. The van der Waals surface area contributed by atoms with Crippen LogP contribution in [0.5, 0.6) is 0 Å². The van der Waals surface area contributed by atoms with Crippen LogP contribution in [0.25, 0.3) is 11.3 Å². The summed E-state index contributed by atoms with van der Waals surface area (Å²) in [5.41, 5.74) is 3.48. The molecule has 2 aromatic carbocycles. The monoisotopic (exact) mass is 559 g/mol. The number of rotatable bonds is 8. The van der Waals surface area contributed by atoms with E-state index in [2.05, 4.69) is 26.8 Å². The largest absolute Gasteiger partial charge is 0.417 e. The van der Waals surface area contributed by atoms with Crippen LogP contribution in [0, 0.1) is 6.92 Å². The molecule has 0 spiro atoms. The van der Waals surface area contributed by atoms with Crippen LogP contribution in [-0.4, -0.2) is 58.4 Å². The lowest BCUT2D eigenvalue weighted by molar-refractivity contribution is -0.137. The summed E-state index contributed by atoms with van der Waals surface area (Å²) in [6, 6.07) is 15.2. The Balaban J connectivity index is 1.35. The molecular weight excluding hydrogens is 527 g/mol. The summed E-state index contributed by atoms with van der Waals surface area (Å²) in [6.45, 7) is 7.84. The van der Waals surface area contributed by atoms with Crippen LogP contribution in [0.1, 0.15) is 45.4 Å². The molecule has 4 aromatic rings. The second-order valence-corrected chi connectivity index (χ2v) is 10.3. The lowest BCUT2D eigenvalue weighted by Gasteiger charge is -2.35. The highest BCUT2D eigenvalue weighted by Crippen LogP contribution is 2.35. The number of anilines is 1. The summed E-state index contributed by atoms with van der Waals surface area (Å²) < 4.78 is 42.4. The third kappa shape index (κ3) is 6.79. The van der Waals surface area contributed by atoms with Gasteiger partial charge in [0.25, 0.3) is 0 Å². The molecule has 0 atom stereocenters. The van der Waals surface area contributed by atoms with E-state index in [-0.39, 0.29) is 12.0 Å². The van der Waals surface area contributed by atoms with E-state index in [4.69, 9.17) is 0 Å². The maximum atomic E-state index is 14.1. The van der Waals surface area contributed by atoms with Gasteiger partial charge in [0.15, 0.2) is 5.78 Å². The summed E-state index contributed by atoms with van der Waals surface area (Å²) in [7, 11) is 0. The Morgan fingerprint density at radius 2 is 1.78 bits per heavy atom. The minimum Gasteiger partial charge on any atom is -0.369 e. The first-order chi connectivity index (χ1) is 19.7. The van der Waals surface area contributed by atoms with Gasteiger partial charge in [0.1, 0.15) is 5.82 Å². The molecule has 0 amide bonds. The maximum absolute atomic E-state index is 14.1. The Labute approximate surface area is 237 Å². The number of nitrogens with zero attached hydrogens (tertiary/aromatic N) is 5. The molecule has 0 bridgehead atoms. The van der Waals surface area contributed by atoms with Crippen LogP contribution in [-0.2, 0) is 19.0 Å². The molecular formula is C32H32F3N5O. The Bertz CT molecular complexity index is 1520. The smallest absolute Gasteiger partial charge is 0.369 e. The average molecular weight is 560 g/mol. The highest BCUT2D eigenvalue weighted by Gasteiger charge is 2.36. The van der Waals surface area contributed by atoms with Crippen LogP contribution < -0.4 is 4.90 Å². The van der Waals surface area contributed by atoms with Gasteiger partial charge < -0.3 is 9.80 Å². The number of Topliss-reactive ketones (excluding diaryl/α,β-unsaturated/α-hetero) is 1. The van der Waals surface area contributed by atoms with Crippen molar-refractivity contribution in [2.75, 3.05) is 37.6 Å². The summed E-state index contributed by atoms with van der Waals surface area (Å²) in [5.74, 6) is 0.0388. The zero-order valence-electron chi connectivity index (χ0n) is 23.2. The topological polar surface area (TPSA) is 62.2 Å². The molecule has 1 saturated heterocycles. The molecule has 41 heavy (non-hydrogen) atoms. The fourth-order valence-electron chi connectivity index (χ4n) is 5.16. The van der Waals surface area contributed by atoms with Crippen molar-refractivity contribution in [2.45, 2.75) is 32.9 Å². The zero-order chi connectivity index (χ0) is 29.0. The number of alkyl halides is 3. The van der Waals surface area contributed by atoms with Gasteiger partial charge in [-0.1, -0.05) is 25.1 Å². The van der Waals surface area contributed by atoms with E-state index in [1.165, 1.54) is 6.07 Å². The van der Waals surface area contributed by atoms with Crippen LogP contribution in [0.15, 0.2) is 73.2 Å². The standard InChI is InChI=1S/C32H32F3N5O/c1-3-39-13-15-40(16-14-39)26-8-9-27(28(20-26)32(33,34)35)30(41)18-23-7-6-22(2)25(17-23)19-31-37-12-10-29(38-31)24-5-4-11-36-21-24/h4-12,17,20-21H,3,13-16,18-19H2,1-2H3. The first-order valence-corrected chi connectivity index (χ1v) is 13.7. The SMILES string of the molecule is CCN1CCN(c2ccc(C(=O)Cc3ccc(C)c(Cc4nccc(-c5cccnc5)n4)c3)c(C(F)(F)F)c2)CC1. The Morgan fingerprint density at radius 3 is 2.49 bits per heavy atom. The van der Waals surface area contributed by atoms with Crippen LogP contribution in [0.2, 0.25) is 0 Å². The fraction of sp³-hybridized carbons (Fsp3) is 0.312. The predicted molar refractivity (Wildman–Crippen MR) is 153 cm³/mol. The third-order valence-corrected chi connectivity index (χ3v) is 7.58. The lowest BCUT2D eigenvalue weighted by atomic mass is 9.94. The molecule has 1 aliphatic heterocycles. The number of aromatic nitrogens is 3. The highest BCUT2D eigenvalue weighted by atomic mass is 19.4. The third-order valence-electron chi connectivity index (χ3n) is 7.58. The Kier molecular flexibility index (Phi) is 8.44. The number of carbonyl (C=O) groups excluding carboxylic acids is 1. The van der Waals surface area contributed by atoms with E-state index in [0.29, 0.717) is 36.6 Å². The molecule has 0 aliphatic carbocycles. The fourth-order valence-corrected chi connectivity index (χ4v) is 5.16. The molecule has 1 fully saturated rings. The van der Waals surface area contributed by atoms with Gasteiger partial charge in [-0.05, 0) is 66.6 Å².